The van der Waals surface area contributed by atoms with E-state index in [1.165, 1.54) is 0 Å². The maximum absolute atomic E-state index is 12.6. The summed E-state index contributed by atoms with van der Waals surface area (Å²) in [5.74, 6) is -0.0596. The van der Waals surface area contributed by atoms with E-state index in [0.29, 0.717) is 25.3 Å². The Kier molecular flexibility index (Phi) is 5.96. The van der Waals surface area contributed by atoms with Crippen molar-refractivity contribution in [2.75, 3.05) is 39.3 Å². The van der Waals surface area contributed by atoms with Gasteiger partial charge in [-0.2, -0.15) is 0 Å². The fourth-order valence-electron chi connectivity index (χ4n) is 3.05. The normalized spacial score (nSPS) is 14.9. The summed E-state index contributed by atoms with van der Waals surface area (Å²) in [7, 11) is 0. The van der Waals surface area contributed by atoms with Crippen molar-refractivity contribution >= 4 is 11.8 Å². The van der Waals surface area contributed by atoms with Gasteiger partial charge >= 0.3 is 0 Å². The van der Waals surface area contributed by atoms with E-state index in [9.17, 15) is 9.59 Å². The minimum Gasteiger partial charge on any atom is -0.349 e. The zero-order chi connectivity index (χ0) is 18.4. The summed E-state index contributed by atoms with van der Waals surface area (Å²) < 4.78 is 0. The molecule has 2 amide bonds. The fourth-order valence-corrected chi connectivity index (χ4v) is 3.05. The molecule has 6 heteroatoms. The van der Waals surface area contributed by atoms with Gasteiger partial charge in [0.1, 0.15) is 5.69 Å². The van der Waals surface area contributed by atoms with Crippen molar-refractivity contribution < 1.29 is 9.59 Å². The van der Waals surface area contributed by atoms with Gasteiger partial charge in [-0.1, -0.05) is 23.8 Å². The van der Waals surface area contributed by atoms with Gasteiger partial charge in [0, 0.05) is 51.0 Å². The number of carbonyl (C=O) groups is 2. The number of aromatic nitrogens is 1. The van der Waals surface area contributed by atoms with Crippen LogP contribution in [0.25, 0.3) is 0 Å². The quantitative estimate of drug-likeness (QED) is 0.887. The molecule has 1 aromatic carbocycles. The standard InChI is InChI=1S/C20H24N4O2/c1-16-5-4-6-17(15-16)20(26)24-13-11-23(12-14-24)10-9-22-19(25)18-7-2-3-8-21-18/h2-8,15H,9-14H2,1H3,(H,22,25). The summed E-state index contributed by atoms with van der Waals surface area (Å²) in [6.45, 7) is 6.39. The van der Waals surface area contributed by atoms with E-state index >= 15 is 0 Å². The molecule has 0 aliphatic carbocycles. The first kappa shape index (κ1) is 18.1. The molecule has 1 fully saturated rings. The van der Waals surface area contributed by atoms with Crippen LogP contribution < -0.4 is 5.32 Å². The van der Waals surface area contributed by atoms with Gasteiger partial charge in [0.05, 0.1) is 0 Å². The van der Waals surface area contributed by atoms with Crippen LogP contribution in [-0.4, -0.2) is 65.9 Å². The molecule has 26 heavy (non-hydrogen) atoms. The molecule has 0 radical (unpaired) electrons. The topological polar surface area (TPSA) is 65.5 Å². The van der Waals surface area contributed by atoms with E-state index in [4.69, 9.17) is 0 Å². The number of aryl methyl sites for hydroxylation is 1. The first-order valence-corrected chi connectivity index (χ1v) is 8.91. The van der Waals surface area contributed by atoms with Gasteiger partial charge in [-0.15, -0.1) is 0 Å². The van der Waals surface area contributed by atoms with Gasteiger partial charge in [0.25, 0.3) is 11.8 Å². The third-order valence-electron chi connectivity index (χ3n) is 4.54. The molecule has 0 bridgehead atoms. The Labute approximate surface area is 153 Å². The van der Waals surface area contributed by atoms with E-state index in [1.807, 2.05) is 36.1 Å². The number of amides is 2. The zero-order valence-corrected chi connectivity index (χ0v) is 15.0. The Morgan fingerprint density at radius 2 is 1.88 bits per heavy atom. The highest BCUT2D eigenvalue weighted by molar-refractivity contribution is 5.94. The van der Waals surface area contributed by atoms with Gasteiger partial charge in [-0.25, -0.2) is 0 Å². The highest BCUT2D eigenvalue weighted by atomic mass is 16.2. The lowest BCUT2D eigenvalue weighted by molar-refractivity contribution is 0.0638. The van der Waals surface area contributed by atoms with E-state index in [-0.39, 0.29) is 11.8 Å². The molecule has 0 unspecified atom stereocenters. The van der Waals surface area contributed by atoms with Crippen molar-refractivity contribution in [1.29, 1.82) is 0 Å². The number of nitrogens with zero attached hydrogens (tertiary/aromatic N) is 3. The van der Waals surface area contributed by atoms with Crippen molar-refractivity contribution in [3.8, 4) is 0 Å². The van der Waals surface area contributed by atoms with Crippen LogP contribution in [0.15, 0.2) is 48.7 Å². The predicted octanol–water partition coefficient (Wildman–Crippen LogP) is 1.58. The molecular weight excluding hydrogens is 328 g/mol. The van der Waals surface area contributed by atoms with Crippen molar-refractivity contribution in [3.63, 3.8) is 0 Å². The molecule has 6 nitrogen and oxygen atoms in total. The van der Waals surface area contributed by atoms with Crippen LogP contribution >= 0.6 is 0 Å². The van der Waals surface area contributed by atoms with E-state index in [2.05, 4.69) is 15.2 Å². The van der Waals surface area contributed by atoms with E-state index < -0.39 is 0 Å². The predicted molar refractivity (Wildman–Crippen MR) is 100 cm³/mol. The third kappa shape index (κ3) is 4.67. The maximum Gasteiger partial charge on any atom is 0.269 e. The number of benzene rings is 1. The fraction of sp³-hybridized carbons (Fsp3) is 0.350. The van der Waals surface area contributed by atoms with Crippen LogP contribution in [0.5, 0.6) is 0 Å². The minimum atomic E-state index is -0.154. The maximum atomic E-state index is 12.6. The number of nitrogens with one attached hydrogen (secondary N) is 1. The number of piperazine rings is 1. The Morgan fingerprint density at radius 1 is 1.08 bits per heavy atom. The lowest BCUT2D eigenvalue weighted by Gasteiger charge is -2.34. The van der Waals surface area contributed by atoms with Gasteiger partial charge in [-0.3, -0.25) is 19.5 Å². The van der Waals surface area contributed by atoms with Gasteiger partial charge in [0.2, 0.25) is 0 Å². The first-order chi connectivity index (χ1) is 12.6. The number of hydrogen-bond acceptors (Lipinski definition) is 4. The molecule has 2 aromatic rings. The molecule has 0 saturated carbocycles. The molecular formula is C20H24N4O2. The number of pyridine rings is 1. The van der Waals surface area contributed by atoms with E-state index in [0.717, 1.165) is 30.8 Å². The van der Waals surface area contributed by atoms with Crippen LogP contribution in [0, 0.1) is 6.92 Å². The molecule has 0 spiro atoms. The Hall–Kier alpha value is -2.73. The summed E-state index contributed by atoms with van der Waals surface area (Å²) in [6, 6.07) is 13.0. The van der Waals surface area contributed by atoms with Crippen LogP contribution in [-0.2, 0) is 0 Å². The second kappa shape index (κ2) is 8.58. The van der Waals surface area contributed by atoms with Crippen LogP contribution in [0.3, 0.4) is 0 Å². The van der Waals surface area contributed by atoms with Crippen molar-refractivity contribution in [2.45, 2.75) is 6.92 Å². The van der Waals surface area contributed by atoms with E-state index in [1.54, 1.807) is 24.4 Å². The summed E-state index contributed by atoms with van der Waals surface area (Å²) in [5.41, 5.74) is 2.28. The molecule has 1 aliphatic rings. The van der Waals surface area contributed by atoms with Crippen LogP contribution in [0.1, 0.15) is 26.4 Å². The summed E-state index contributed by atoms with van der Waals surface area (Å²) in [4.78, 5) is 32.7. The van der Waals surface area contributed by atoms with Crippen LogP contribution in [0.2, 0.25) is 0 Å². The van der Waals surface area contributed by atoms with Crippen molar-refractivity contribution in [3.05, 3.63) is 65.5 Å². The second-order valence-electron chi connectivity index (χ2n) is 6.47. The highest BCUT2D eigenvalue weighted by Gasteiger charge is 2.22. The number of carbonyl (C=O) groups excluding carboxylic acids is 2. The highest BCUT2D eigenvalue weighted by Crippen LogP contribution is 2.10. The van der Waals surface area contributed by atoms with Gasteiger partial charge in [0.15, 0.2) is 0 Å². The monoisotopic (exact) mass is 352 g/mol. The Balaban J connectivity index is 1.41. The smallest absolute Gasteiger partial charge is 0.269 e. The lowest BCUT2D eigenvalue weighted by Crippen LogP contribution is -2.50. The van der Waals surface area contributed by atoms with Crippen molar-refractivity contribution in [1.82, 2.24) is 20.1 Å². The molecule has 3 rings (SSSR count). The lowest BCUT2D eigenvalue weighted by atomic mass is 10.1. The summed E-state index contributed by atoms with van der Waals surface area (Å²) >= 11 is 0. The minimum absolute atomic E-state index is 0.0943. The molecule has 2 heterocycles. The van der Waals surface area contributed by atoms with Gasteiger partial charge in [-0.05, 0) is 31.2 Å². The largest absolute Gasteiger partial charge is 0.349 e. The summed E-state index contributed by atoms with van der Waals surface area (Å²) in [5, 5.41) is 2.89. The second-order valence-corrected chi connectivity index (χ2v) is 6.47. The molecule has 1 aliphatic heterocycles. The number of hydrogen-bond donors (Lipinski definition) is 1. The Bertz CT molecular complexity index is 755. The SMILES string of the molecule is Cc1cccc(C(=O)N2CCN(CCNC(=O)c3ccccn3)CC2)c1. The molecule has 1 N–H and O–H groups in total. The van der Waals surface area contributed by atoms with Crippen LogP contribution in [0.4, 0.5) is 0 Å². The third-order valence-corrected chi connectivity index (χ3v) is 4.54. The number of rotatable bonds is 5. The molecule has 1 saturated heterocycles. The van der Waals surface area contributed by atoms with Gasteiger partial charge < -0.3 is 10.2 Å². The average Bonchev–Trinajstić information content (AvgIpc) is 2.68. The molecule has 0 atom stereocenters. The zero-order valence-electron chi connectivity index (χ0n) is 15.0. The average molecular weight is 352 g/mol. The molecule has 1 aromatic heterocycles. The Morgan fingerprint density at radius 3 is 2.58 bits per heavy atom. The first-order valence-electron chi connectivity index (χ1n) is 8.91. The van der Waals surface area contributed by atoms with Crippen molar-refractivity contribution in [2.24, 2.45) is 0 Å². The summed E-state index contributed by atoms with van der Waals surface area (Å²) in [6.07, 6.45) is 1.61. The molecule has 136 valence electrons.